The molecule has 2 amide bonds. The molecule has 0 radical (unpaired) electrons. The van der Waals surface area contributed by atoms with E-state index in [2.05, 4.69) is 15.7 Å². The maximum atomic E-state index is 12.6. The van der Waals surface area contributed by atoms with Crippen LogP contribution >= 0.6 is 22.9 Å². The van der Waals surface area contributed by atoms with Crippen molar-refractivity contribution in [3.05, 3.63) is 45.1 Å². The van der Waals surface area contributed by atoms with E-state index >= 15 is 0 Å². The maximum Gasteiger partial charge on any atom is 0.256 e. The lowest BCUT2D eigenvalue weighted by Crippen LogP contribution is -2.38. The number of halogens is 1. The third kappa shape index (κ3) is 5.05. The minimum atomic E-state index is -0.0574. The molecule has 1 fully saturated rings. The van der Waals surface area contributed by atoms with Crippen molar-refractivity contribution in [2.75, 3.05) is 19.6 Å². The minimum absolute atomic E-state index is 0.0574. The van der Waals surface area contributed by atoms with E-state index in [9.17, 15) is 9.59 Å². The number of rotatable bonds is 6. The lowest BCUT2D eigenvalue weighted by Gasteiger charge is -2.31. The molecule has 2 aromatic rings. The summed E-state index contributed by atoms with van der Waals surface area (Å²) in [6.07, 6.45) is 4.62. The Morgan fingerprint density at radius 3 is 2.85 bits per heavy atom. The summed E-state index contributed by atoms with van der Waals surface area (Å²) in [5.41, 5.74) is 1.48. The summed E-state index contributed by atoms with van der Waals surface area (Å²) in [5, 5.41) is 6.32. The van der Waals surface area contributed by atoms with Gasteiger partial charge in [-0.25, -0.2) is 9.97 Å². The highest BCUT2D eigenvalue weighted by Gasteiger charge is 2.27. The lowest BCUT2D eigenvalue weighted by atomic mass is 9.97. The van der Waals surface area contributed by atoms with Gasteiger partial charge in [0.05, 0.1) is 16.3 Å². The van der Waals surface area contributed by atoms with Crippen LogP contribution in [0.15, 0.2) is 23.7 Å². The Labute approximate surface area is 168 Å². The molecular weight excluding hydrogens is 384 g/mol. The third-order valence-electron chi connectivity index (χ3n) is 4.71. The van der Waals surface area contributed by atoms with E-state index in [0.717, 1.165) is 30.0 Å². The lowest BCUT2D eigenvalue weighted by molar-refractivity contribution is -0.120. The monoisotopic (exact) mass is 406 g/mol. The van der Waals surface area contributed by atoms with Crippen molar-refractivity contribution < 1.29 is 9.59 Å². The number of carbonyl (C=O) groups is 2. The molecular formula is C19H23ClN4O2S. The molecule has 1 saturated heterocycles. The van der Waals surface area contributed by atoms with E-state index in [1.54, 1.807) is 29.7 Å². The second kappa shape index (κ2) is 9.28. The Balaban J connectivity index is 1.51. The molecule has 0 atom stereocenters. The summed E-state index contributed by atoms with van der Waals surface area (Å²) in [5.74, 6) is 0.386. The Kier molecular flexibility index (Phi) is 6.79. The molecule has 0 saturated carbocycles. The molecule has 0 unspecified atom stereocenters. The van der Waals surface area contributed by atoms with Gasteiger partial charge in [0.15, 0.2) is 0 Å². The SMILES string of the molecule is CCC(=O)NCCc1csc(C2CCN(C(=O)c3cccnc3Cl)CC2)n1. The highest BCUT2D eigenvalue weighted by molar-refractivity contribution is 7.09. The predicted molar refractivity (Wildman–Crippen MR) is 106 cm³/mol. The Bertz CT molecular complexity index is 803. The summed E-state index contributed by atoms with van der Waals surface area (Å²) in [6.45, 7) is 3.84. The summed E-state index contributed by atoms with van der Waals surface area (Å²) < 4.78 is 0. The van der Waals surface area contributed by atoms with E-state index in [1.807, 2.05) is 11.8 Å². The van der Waals surface area contributed by atoms with E-state index < -0.39 is 0 Å². The number of amides is 2. The second-order valence-corrected chi connectivity index (χ2v) is 7.79. The molecule has 0 spiro atoms. The fourth-order valence-corrected chi connectivity index (χ4v) is 4.35. The summed E-state index contributed by atoms with van der Waals surface area (Å²) in [6, 6.07) is 3.44. The molecule has 6 nitrogen and oxygen atoms in total. The van der Waals surface area contributed by atoms with Gasteiger partial charge in [0.1, 0.15) is 5.15 Å². The Morgan fingerprint density at radius 2 is 2.15 bits per heavy atom. The van der Waals surface area contributed by atoms with Gasteiger partial charge in [-0.2, -0.15) is 0 Å². The van der Waals surface area contributed by atoms with Crippen LogP contribution in [0.4, 0.5) is 0 Å². The molecule has 0 aliphatic carbocycles. The molecule has 0 aromatic carbocycles. The third-order valence-corrected chi connectivity index (χ3v) is 6.07. The first kappa shape index (κ1) is 19.8. The van der Waals surface area contributed by atoms with Crippen LogP contribution in [-0.4, -0.2) is 46.3 Å². The highest BCUT2D eigenvalue weighted by atomic mass is 35.5. The van der Waals surface area contributed by atoms with E-state index in [4.69, 9.17) is 16.6 Å². The standard InChI is InChI=1S/C19H23ClN4O2S/c1-2-16(25)21-9-5-14-12-27-18(23-14)13-6-10-24(11-7-13)19(26)15-4-3-8-22-17(15)20/h3-4,8,12-13H,2,5-7,9-11H2,1H3,(H,21,25). The van der Waals surface area contributed by atoms with Gasteiger partial charge in [0, 0.05) is 50.0 Å². The number of nitrogens with zero attached hydrogens (tertiary/aromatic N) is 3. The average molecular weight is 407 g/mol. The van der Waals surface area contributed by atoms with Crippen LogP contribution in [0.1, 0.15) is 53.2 Å². The van der Waals surface area contributed by atoms with Gasteiger partial charge in [-0.05, 0) is 25.0 Å². The summed E-state index contributed by atoms with van der Waals surface area (Å²) in [4.78, 5) is 34.5. The number of hydrogen-bond acceptors (Lipinski definition) is 5. The second-order valence-electron chi connectivity index (χ2n) is 6.54. The first-order chi connectivity index (χ1) is 13.1. The van der Waals surface area contributed by atoms with E-state index in [1.165, 1.54) is 0 Å². The molecule has 1 aliphatic rings. The predicted octanol–water partition coefficient (Wildman–Crippen LogP) is 3.28. The fourth-order valence-electron chi connectivity index (χ4n) is 3.13. The highest BCUT2D eigenvalue weighted by Crippen LogP contribution is 2.31. The Hall–Kier alpha value is -1.99. The van der Waals surface area contributed by atoms with E-state index in [0.29, 0.717) is 37.5 Å². The largest absolute Gasteiger partial charge is 0.356 e. The summed E-state index contributed by atoms with van der Waals surface area (Å²) in [7, 11) is 0. The van der Waals surface area contributed by atoms with Crippen molar-refractivity contribution in [1.82, 2.24) is 20.2 Å². The number of hydrogen-bond donors (Lipinski definition) is 1. The van der Waals surface area contributed by atoms with Crippen molar-refractivity contribution in [2.45, 2.75) is 38.5 Å². The van der Waals surface area contributed by atoms with Crippen LogP contribution in [0.5, 0.6) is 0 Å². The van der Waals surface area contributed by atoms with Crippen LogP contribution < -0.4 is 5.32 Å². The van der Waals surface area contributed by atoms with Gasteiger partial charge in [-0.15, -0.1) is 11.3 Å². The molecule has 27 heavy (non-hydrogen) atoms. The van der Waals surface area contributed by atoms with Crippen LogP contribution in [0.2, 0.25) is 5.15 Å². The van der Waals surface area contributed by atoms with Crippen LogP contribution in [0.25, 0.3) is 0 Å². The molecule has 2 aromatic heterocycles. The quantitative estimate of drug-likeness (QED) is 0.747. The molecule has 144 valence electrons. The van der Waals surface area contributed by atoms with Crippen molar-refractivity contribution in [2.24, 2.45) is 0 Å². The number of thiazole rings is 1. The van der Waals surface area contributed by atoms with Crippen molar-refractivity contribution >= 4 is 34.8 Å². The fraction of sp³-hybridized carbons (Fsp3) is 0.474. The zero-order valence-electron chi connectivity index (χ0n) is 15.3. The number of aromatic nitrogens is 2. The van der Waals surface area contributed by atoms with E-state index in [-0.39, 0.29) is 17.0 Å². The summed E-state index contributed by atoms with van der Waals surface area (Å²) >= 11 is 7.71. The molecule has 8 heteroatoms. The molecule has 1 N–H and O–H groups in total. The van der Waals surface area contributed by atoms with Crippen molar-refractivity contribution in [1.29, 1.82) is 0 Å². The van der Waals surface area contributed by atoms with Gasteiger partial charge in [-0.3, -0.25) is 9.59 Å². The average Bonchev–Trinajstić information content (AvgIpc) is 3.16. The van der Waals surface area contributed by atoms with Crippen molar-refractivity contribution in [3.63, 3.8) is 0 Å². The Morgan fingerprint density at radius 1 is 1.37 bits per heavy atom. The zero-order chi connectivity index (χ0) is 19.2. The van der Waals surface area contributed by atoms with Gasteiger partial charge in [-0.1, -0.05) is 18.5 Å². The van der Waals surface area contributed by atoms with Crippen molar-refractivity contribution in [3.8, 4) is 0 Å². The maximum absolute atomic E-state index is 12.6. The van der Waals surface area contributed by atoms with Crippen LogP contribution in [-0.2, 0) is 11.2 Å². The molecule has 3 heterocycles. The van der Waals surface area contributed by atoms with Gasteiger partial charge < -0.3 is 10.2 Å². The number of pyridine rings is 1. The first-order valence-corrected chi connectivity index (χ1v) is 10.4. The van der Waals surface area contributed by atoms with Crippen LogP contribution in [0.3, 0.4) is 0 Å². The number of nitrogens with one attached hydrogen (secondary N) is 1. The van der Waals surface area contributed by atoms with Gasteiger partial charge >= 0.3 is 0 Å². The first-order valence-electron chi connectivity index (χ1n) is 9.19. The zero-order valence-corrected chi connectivity index (χ0v) is 16.9. The van der Waals surface area contributed by atoms with Gasteiger partial charge in [0.25, 0.3) is 5.91 Å². The number of carbonyl (C=O) groups excluding carboxylic acids is 2. The normalized spacial score (nSPS) is 15.0. The minimum Gasteiger partial charge on any atom is -0.356 e. The smallest absolute Gasteiger partial charge is 0.256 e. The number of likely N-dealkylation sites (tertiary alicyclic amines) is 1. The van der Waals surface area contributed by atoms with Gasteiger partial charge in [0.2, 0.25) is 5.91 Å². The number of piperidine rings is 1. The van der Waals surface area contributed by atoms with Crippen LogP contribution in [0, 0.1) is 0 Å². The molecule has 0 bridgehead atoms. The molecule has 1 aliphatic heterocycles. The molecule has 3 rings (SSSR count). The topological polar surface area (TPSA) is 75.2 Å².